The quantitative estimate of drug-likeness (QED) is 0.449. The third-order valence-corrected chi connectivity index (χ3v) is 6.14. The van der Waals surface area contributed by atoms with Crippen molar-refractivity contribution in [2.75, 3.05) is 19.5 Å². The third-order valence-electron chi connectivity index (χ3n) is 5.20. The molecular weight excluding hydrogens is 414 g/mol. The summed E-state index contributed by atoms with van der Waals surface area (Å²) in [5.41, 5.74) is 3.17. The molecule has 1 unspecified atom stereocenters. The lowest BCUT2D eigenvalue weighted by molar-refractivity contribution is -0.116. The molecule has 0 spiro atoms. The number of rotatable bonds is 6. The summed E-state index contributed by atoms with van der Waals surface area (Å²) in [6, 6.07) is 13.5. The Labute approximate surface area is 184 Å². The molecule has 1 aromatic heterocycles. The summed E-state index contributed by atoms with van der Waals surface area (Å²) in [5, 5.41) is 3.22. The average Bonchev–Trinajstić information content (AvgIpc) is 2.76. The van der Waals surface area contributed by atoms with Gasteiger partial charge in [0.2, 0.25) is 5.91 Å². The number of aromatic amines is 1. The van der Waals surface area contributed by atoms with E-state index in [1.807, 2.05) is 25.1 Å². The van der Waals surface area contributed by atoms with Gasteiger partial charge in [-0.2, -0.15) is 0 Å². The van der Waals surface area contributed by atoms with E-state index < -0.39 is 5.92 Å². The van der Waals surface area contributed by atoms with Crippen LogP contribution in [0.25, 0.3) is 0 Å². The molecule has 7 nitrogen and oxygen atoms in total. The largest absolute Gasteiger partial charge is 0.497 e. The van der Waals surface area contributed by atoms with Crippen LogP contribution in [0.1, 0.15) is 34.6 Å². The number of benzene rings is 2. The van der Waals surface area contributed by atoms with Crippen molar-refractivity contribution < 1.29 is 14.3 Å². The Bertz CT molecular complexity index is 1190. The highest BCUT2D eigenvalue weighted by molar-refractivity contribution is 7.98. The first-order valence-corrected chi connectivity index (χ1v) is 10.8. The summed E-state index contributed by atoms with van der Waals surface area (Å²) in [7, 11) is 3.13. The van der Waals surface area contributed by atoms with Crippen LogP contribution in [0.3, 0.4) is 0 Å². The fourth-order valence-electron chi connectivity index (χ4n) is 3.75. The molecule has 1 aliphatic heterocycles. The molecule has 31 heavy (non-hydrogen) atoms. The zero-order valence-electron chi connectivity index (χ0n) is 17.5. The number of thioether (sulfide) groups is 1. The fraction of sp³-hybridized carbons (Fsp3) is 0.261. The first kappa shape index (κ1) is 21.0. The fourth-order valence-corrected chi connectivity index (χ4v) is 4.55. The zero-order chi connectivity index (χ0) is 22.0. The number of ether oxygens (including phenoxy) is 2. The third kappa shape index (κ3) is 4.44. The Morgan fingerprint density at radius 1 is 1.13 bits per heavy atom. The topological polar surface area (TPSA) is 93.3 Å². The van der Waals surface area contributed by atoms with Crippen molar-refractivity contribution in [2.45, 2.75) is 30.2 Å². The second-order valence-electron chi connectivity index (χ2n) is 7.32. The van der Waals surface area contributed by atoms with E-state index in [4.69, 9.17) is 9.47 Å². The molecule has 0 bridgehead atoms. The van der Waals surface area contributed by atoms with Crippen LogP contribution in [0.5, 0.6) is 11.5 Å². The van der Waals surface area contributed by atoms with E-state index in [1.165, 1.54) is 17.3 Å². The van der Waals surface area contributed by atoms with E-state index in [1.54, 1.807) is 32.4 Å². The molecule has 1 aliphatic rings. The van der Waals surface area contributed by atoms with Gasteiger partial charge in [0.1, 0.15) is 17.3 Å². The lowest BCUT2D eigenvalue weighted by atomic mass is 9.86. The molecule has 0 saturated carbocycles. The van der Waals surface area contributed by atoms with Gasteiger partial charge in [-0.1, -0.05) is 41.6 Å². The Morgan fingerprint density at radius 3 is 2.71 bits per heavy atom. The zero-order valence-corrected chi connectivity index (χ0v) is 18.3. The summed E-state index contributed by atoms with van der Waals surface area (Å²) in [6.45, 7) is 2.04. The predicted molar refractivity (Wildman–Crippen MR) is 120 cm³/mol. The van der Waals surface area contributed by atoms with Gasteiger partial charge in [0.15, 0.2) is 5.16 Å². The van der Waals surface area contributed by atoms with Gasteiger partial charge >= 0.3 is 0 Å². The molecule has 0 radical (unpaired) electrons. The summed E-state index contributed by atoms with van der Waals surface area (Å²) in [5.74, 6) is 1.48. The molecule has 2 N–H and O–H groups in total. The summed E-state index contributed by atoms with van der Waals surface area (Å²) >= 11 is 1.42. The van der Waals surface area contributed by atoms with Gasteiger partial charge in [-0.15, -0.1) is 0 Å². The molecule has 0 aliphatic carbocycles. The Morgan fingerprint density at radius 2 is 1.97 bits per heavy atom. The van der Waals surface area contributed by atoms with Crippen LogP contribution in [0, 0.1) is 6.92 Å². The van der Waals surface area contributed by atoms with Crippen LogP contribution in [0.4, 0.5) is 5.82 Å². The number of fused-ring (bicyclic) bond motifs is 1. The highest BCUT2D eigenvalue weighted by Gasteiger charge is 2.33. The smallest absolute Gasteiger partial charge is 0.257 e. The van der Waals surface area contributed by atoms with E-state index in [0.29, 0.717) is 39.4 Å². The maximum absolute atomic E-state index is 13.1. The number of nitrogens with one attached hydrogen (secondary N) is 2. The molecule has 3 aromatic rings. The number of anilines is 1. The van der Waals surface area contributed by atoms with Gasteiger partial charge in [0.05, 0.1) is 19.8 Å². The van der Waals surface area contributed by atoms with Crippen molar-refractivity contribution in [3.05, 3.63) is 75.1 Å². The minimum Gasteiger partial charge on any atom is -0.497 e. The number of H-pyrrole nitrogens is 1. The number of hydrogen-bond donors (Lipinski definition) is 2. The number of methoxy groups -OCH3 is 2. The van der Waals surface area contributed by atoms with Crippen LogP contribution in [0.15, 0.2) is 52.4 Å². The maximum atomic E-state index is 13.1. The van der Waals surface area contributed by atoms with Crippen molar-refractivity contribution >= 4 is 23.5 Å². The highest BCUT2D eigenvalue weighted by Crippen LogP contribution is 2.40. The second kappa shape index (κ2) is 8.85. The SMILES string of the molecule is COc1ccc(OC)c(C2CC(=O)Nc3nc(SCc4cccc(C)c4)[nH]c(=O)c32)c1. The molecule has 1 atom stereocenters. The summed E-state index contributed by atoms with van der Waals surface area (Å²) in [6.07, 6.45) is 0.122. The summed E-state index contributed by atoms with van der Waals surface area (Å²) in [4.78, 5) is 32.9. The number of carbonyl (C=O) groups excluding carboxylic acids is 1. The highest BCUT2D eigenvalue weighted by atomic mass is 32.2. The molecule has 8 heteroatoms. The van der Waals surface area contributed by atoms with E-state index in [9.17, 15) is 9.59 Å². The summed E-state index contributed by atoms with van der Waals surface area (Å²) < 4.78 is 10.8. The van der Waals surface area contributed by atoms with Gasteiger partial charge in [0.25, 0.3) is 5.56 Å². The monoisotopic (exact) mass is 437 g/mol. The molecule has 0 saturated heterocycles. The van der Waals surface area contributed by atoms with E-state index >= 15 is 0 Å². The second-order valence-corrected chi connectivity index (χ2v) is 8.29. The molecule has 160 valence electrons. The number of carbonyl (C=O) groups is 1. The lowest BCUT2D eigenvalue weighted by Crippen LogP contribution is -2.31. The Kier molecular flexibility index (Phi) is 5.99. The van der Waals surface area contributed by atoms with Crippen LogP contribution in [0.2, 0.25) is 0 Å². The average molecular weight is 438 g/mol. The Balaban J connectivity index is 1.70. The van der Waals surface area contributed by atoms with Gasteiger partial charge in [-0.05, 0) is 30.7 Å². The number of nitrogens with zero attached hydrogens (tertiary/aromatic N) is 1. The minimum absolute atomic E-state index is 0.122. The molecule has 1 amide bonds. The van der Waals surface area contributed by atoms with Crippen molar-refractivity contribution in [1.82, 2.24) is 9.97 Å². The van der Waals surface area contributed by atoms with E-state index in [-0.39, 0.29) is 17.9 Å². The standard InChI is InChI=1S/C23H23N3O4S/c1-13-5-4-6-14(9-13)12-31-23-25-21-20(22(28)26-23)17(11-19(27)24-21)16-10-15(29-2)7-8-18(16)30-3/h4-10,17H,11-12H2,1-3H3,(H2,24,25,26,27,28). The van der Waals surface area contributed by atoms with Gasteiger partial charge in [0, 0.05) is 23.7 Å². The minimum atomic E-state index is -0.485. The van der Waals surface area contributed by atoms with Crippen LogP contribution < -0.4 is 20.3 Å². The number of aromatic nitrogens is 2. The first-order valence-electron chi connectivity index (χ1n) is 9.83. The van der Waals surface area contributed by atoms with Gasteiger partial charge < -0.3 is 19.8 Å². The molecule has 4 rings (SSSR count). The van der Waals surface area contributed by atoms with Crippen LogP contribution in [-0.2, 0) is 10.5 Å². The molecule has 2 aromatic carbocycles. The maximum Gasteiger partial charge on any atom is 0.257 e. The van der Waals surface area contributed by atoms with Crippen molar-refractivity contribution in [3.8, 4) is 11.5 Å². The number of amides is 1. The van der Waals surface area contributed by atoms with Crippen molar-refractivity contribution in [1.29, 1.82) is 0 Å². The van der Waals surface area contributed by atoms with E-state index in [2.05, 4.69) is 21.4 Å². The van der Waals surface area contributed by atoms with Gasteiger partial charge in [-0.3, -0.25) is 9.59 Å². The predicted octanol–water partition coefficient (Wildman–Crippen LogP) is 3.86. The normalized spacial score (nSPS) is 15.2. The first-order chi connectivity index (χ1) is 15.0. The van der Waals surface area contributed by atoms with Crippen LogP contribution >= 0.6 is 11.8 Å². The molecule has 2 heterocycles. The van der Waals surface area contributed by atoms with Crippen LogP contribution in [-0.4, -0.2) is 30.1 Å². The molecule has 0 fully saturated rings. The van der Waals surface area contributed by atoms with Crippen molar-refractivity contribution in [2.24, 2.45) is 0 Å². The molecular formula is C23H23N3O4S. The van der Waals surface area contributed by atoms with Crippen molar-refractivity contribution in [3.63, 3.8) is 0 Å². The number of hydrogen-bond acceptors (Lipinski definition) is 6. The Hall–Kier alpha value is -3.26. The van der Waals surface area contributed by atoms with Gasteiger partial charge in [-0.25, -0.2) is 4.98 Å². The van der Waals surface area contributed by atoms with E-state index in [0.717, 1.165) is 5.56 Å². The number of aryl methyl sites for hydroxylation is 1. The lowest BCUT2D eigenvalue weighted by Gasteiger charge is -2.26.